The van der Waals surface area contributed by atoms with Gasteiger partial charge in [0.05, 0.1) is 10.7 Å². The van der Waals surface area contributed by atoms with Crippen LogP contribution in [-0.4, -0.2) is 10.9 Å². The van der Waals surface area contributed by atoms with Crippen molar-refractivity contribution in [2.45, 2.75) is 26.2 Å². The molecule has 1 aromatic carbocycles. The van der Waals surface area contributed by atoms with Gasteiger partial charge in [-0.15, -0.1) is 22.9 Å². The first-order valence-corrected chi connectivity index (χ1v) is 7.29. The Morgan fingerprint density at radius 1 is 1.24 bits per heavy atom. The van der Waals surface area contributed by atoms with Crippen LogP contribution in [0, 0.1) is 6.92 Å². The largest absolute Gasteiger partial charge is 0.242 e. The van der Waals surface area contributed by atoms with E-state index in [1.165, 1.54) is 11.1 Å². The zero-order valence-electron chi connectivity index (χ0n) is 9.95. The lowest BCUT2D eigenvalue weighted by atomic mass is 10.0. The number of aromatic nitrogens is 1. The lowest BCUT2D eigenvalue weighted by molar-refractivity contribution is 0.800. The number of unbranched alkanes of at least 4 members (excludes halogenated alkanes) is 1. The number of nitrogens with zero attached hydrogens (tertiary/aromatic N) is 1. The molecule has 17 heavy (non-hydrogen) atoms. The average Bonchev–Trinajstić information content (AvgIpc) is 2.77. The summed E-state index contributed by atoms with van der Waals surface area (Å²) >= 11 is 7.42. The minimum atomic E-state index is 0.748. The molecular formula is C14H16ClNS. The van der Waals surface area contributed by atoms with E-state index in [2.05, 4.69) is 34.6 Å². The van der Waals surface area contributed by atoms with E-state index in [1.54, 1.807) is 11.3 Å². The fourth-order valence-electron chi connectivity index (χ4n) is 1.89. The number of hydrogen-bond donors (Lipinski definition) is 0. The summed E-state index contributed by atoms with van der Waals surface area (Å²) in [4.78, 5) is 4.56. The van der Waals surface area contributed by atoms with Crippen LogP contribution in [0.4, 0.5) is 0 Å². The Balaban J connectivity index is 2.21. The van der Waals surface area contributed by atoms with Crippen LogP contribution >= 0.6 is 22.9 Å². The first-order chi connectivity index (χ1) is 8.31. The van der Waals surface area contributed by atoms with Crippen molar-refractivity contribution in [2.75, 3.05) is 5.88 Å². The Morgan fingerprint density at radius 3 is 2.76 bits per heavy atom. The van der Waals surface area contributed by atoms with Crippen molar-refractivity contribution in [2.24, 2.45) is 0 Å². The molecule has 0 amide bonds. The molecule has 1 heterocycles. The highest BCUT2D eigenvalue weighted by Crippen LogP contribution is 2.26. The van der Waals surface area contributed by atoms with Gasteiger partial charge in [0.2, 0.25) is 0 Å². The molecule has 0 aliphatic carbocycles. The van der Waals surface area contributed by atoms with Gasteiger partial charge in [0.1, 0.15) is 0 Å². The molecule has 0 bridgehead atoms. The van der Waals surface area contributed by atoms with Gasteiger partial charge in [0.15, 0.2) is 0 Å². The highest BCUT2D eigenvalue weighted by molar-refractivity contribution is 7.09. The maximum atomic E-state index is 5.72. The molecule has 90 valence electrons. The van der Waals surface area contributed by atoms with Gasteiger partial charge in [-0.25, -0.2) is 4.98 Å². The van der Waals surface area contributed by atoms with E-state index in [0.29, 0.717) is 0 Å². The Labute approximate surface area is 111 Å². The summed E-state index contributed by atoms with van der Waals surface area (Å²) in [5, 5.41) is 3.26. The molecule has 2 aromatic rings. The van der Waals surface area contributed by atoms with Crippen LogP contribution in [0.5, 0.6) is 0 Å². The number of benzene rings is 1. The van der Waals surface area contributed by atoms with Crippen LogP contribution in [-0.2, 0) is 6.42 Å². The van der Waals surface area contributed by atoms with Gasteiger partial charge >= 0.3 is 0 Å². The molecule has 0 saturated heterocycles. The summed E-state index contributed by atoms with van der Waals surface area (Å²) < 4.78 is 0. The van der Waals surface area contributed by atoms with Gasteiger partial charge < -0.3 is 0 Å². The molecule has 0 aliphatic rings. The fraction of sp³-hybridized carbons (Fsp3) is 0.357. The number of alkyl halides is 1. The predicted molar refractivity (Wildman–Crippen MR) is 75.9 cm³/mol. The van der Waals surface area contributed by atoms with Crippen molar-refractivity contribution in [1.29, 1.82) is 0 Å². The smallest absolute Gasteiger partial charge is 0.0901 e. The Hall–Kier alpha value is -0.860. The zero-order chi connectivity index (χ0) is 12.1. The molecule has 0 aliphatic heterocycles. The van der Waals surface area contributed by atoms with E-state index in [1.807, 2.05) is 6.92 Å². The first-order valence-electron chi connectivity index (χ1n) is 5.87. The monoisotopic (exact) mass is 265 g/mol. The van der Waals surface area contributed by atoms with Crippen LogP contribution in [0.25, 0.3) is 11.3 Å². The Bertz CT molecular complexity index is 479. The van der Waals surface area contributed by atoms with E-state index in [9.17, 15) is 0 Å². The number of rotatable bonds is 5. The van der Waals surface area contributed by atoms with Crippen LogP contribution < -0.4 is 0 Å². The Kier molecular flexibility index (Phi) is 4.57. The third-order valence-electron chi connectivity index (χ3n) is 2.74. The summed E-state index contributed by atoms with van der Waals surface area (Å²) in [6.07, 6.45) is 3.30. The number of aryl methyl sites for hydroxylation is 2. The van der Waals surface area contributed by atoms with Crippen molar-refractivity contribution < 1.29 is 0 Å². The number of hydrogen-bond acceptors (Lipinski definition) is 2. The van der Waals surface area contributed by atoms with Crippen LogP contribution in [0.2, 0.25) is 0 Å². The van der Waals surface area contributed by atoms with Crippen molar-refractivity contribution in [3.8, 4) is 11.3 Å². The lowest BCUT2D eigenvalue weighted by Gasteiger charge is -2.06. The summed E-state index contributed by atoms with van der Waals surface area (Å²) in [7, 11) is 0. The molecule has 1 nitrogen and oxygen atoms in total. The second-order valence-corrected chi connectivity index (χ2v) is 5.50. The number of halogens is 1. The van der Waals surface area contributed by atoms with Crippen LogP contribution in [0.3, 0.4) is 0 Å². The summed E-state index contributed by atoms with van der Waals surface area (Å²) in [5.74, 6) is 0.748. The SMILES string of the molecule is Cc1nc(-c2ccccc2CCCCCl)cs1. The van der Waals surface area contributed by atoms with Crippen LogP contribution in [0.1, 0.15) is 23.4 Å². The normalized spacial score (nSPS) is 10.7. The van der Waals surface area contributed by atoms with E-state index < -0.39 is 0 Å². The maximum Gasteiger partial charge on any atom is 0.0901 e. The van der Waals surface area contributed by atoms with Crippen LogP contribution in [0.15, 0.2) is 29.6 Å². The van der Waals surface area contributed by atoms with Crippen molar-refractivity contribution in [3.05, 3.63) is 40.2 Å². The minimum absolute atomic E-state index is 0.748. The third-order valence-corrected chi connectivity index (χ3v) is 3.78. The molecule has 1 aromatic heterocycles. The van der Waals surface area contributed by atoms with Gasteiger partial charge in [-0.2, -0.15) is 0 Å². The molecule has 0 fully saturated rings. The van der Waals surface area contributed by atoms with E-state index in [-0.39, 0.29) is 0 Å². The highest BCUT2D eigenvalue weighted by atomic mass is 35.5. The second-order valence-electron chi connectivity index (χ2n) is 4.06. The fourth-order valence-corrected chi connectivity index (χ4v) is 2.69. The van der Waals surface area contributed by atoms with E-state index in [4.69, 9.17) is 11.6 Å². The Morgan fingerprint density at radius 2 is 2.06 bits per heavy atom. The molecule has 0 atom stereocenters. The van der Waals surface area contributed by atoms with Gasteiger partial charge in [-0.05, 0) is 31.7 Å². The molecule has 0 unspecified atom stereocenters. The molecule has 3 heteroatoms. The van der Waals surface area contributed by atoms with Gasteiger partial charge in [0, 0.05) is 16.8 Å². The first kappa shape index (κ1) is 12.6. The number of thiazole rings is 1. The van der Waals surface area contributed by atoms with Crippen molar-refractivity contribution in [1.82, 2.24) is 4.98 Å². The zero-order valence-corrected chi connectivity index (χ0v) is 11.5. The summed E-state index contributed by atoms with van der Waals surface area (Å²) in [6, 6.07) is 8.52. The average molecular weight is 266 g/mol. The molecule has 0 saturated carbocycles. The quantitative estimate of drug-likeness (QED) is 0.565. The van der Waals surface area contributed by atoms with Gasteiger partial charge in [-0.3, -0.25) is 0 Å². The summed E-state index contributed by atoms with van der Waals surface area (Å²) in [5.41, 5.74) is 3.75. The van der Waals surface area contributed by atoms with Gasteiger partial charge in [0.25, 0.3) is 0 Å². The molecule has 0 N–H and O–H groups in total. The third kappa shape index (κ3) is 3.30. The summed E-state index contributed by atoms with van der Waals surface area (Å²) in [6.45, 7) is 2.05. The predicted octanol–water partition coefficient (Wildman–Crippen LogP) is 4.68. The topological polar surface area (TPSA) is 12.9 Å². The highest BCUT2D eigenvalue weighted by Gasteiger charge is 2.07. The second kappa shape index (κ2) is 6.18. The molecular weight excluding hydrogens is 250 g/mol. The van der Waals surface area contributed by atoms with Gasteiger partial charge in [-0.1, -0.05) is 24.3 Å². The van der Waals surface area contributed by atoms with Crippen molar-refractivity contribution in [3.63, 3.8) is 0 Å². The minimum Gasteiger partial charge on any atom is -0.242 e. The molecule has 2 rings (SSSR count). The van der Waals surface area contributed by atoms with Crippen molar-refractivity contribution >= 4 is 22.9 Å². The lowest BCUT2D eigenvalue weighted by Crippen LogP contribution is -1.91. The maximum absolute atomic E-state index is 5.72. The molecule has 0 radical (unpaired) electrons. The molecule has 0 spiro atoms. The van der Waals surface area contributed by atoms with E-state index >= 15 is 0 Å². The van der Waals surface area contributed by atoms with E-state index in [0.717, 1.165) is 35.8 Å². The standard InChI is InChI=1S/C14H16ClNS/c1-11-16-14(10-17-11)13-8-3-2-6-12(13)7-4-5-9-15/h2-3,6,8,10H,4-5,7,9H2,1H3.